The number of nitrogens with zero attached hydrogens (tertiary/aromatic N) is 1. The van der Waals surface area contributed by atoms with Crippen LogP contribution in [0.3, 0.4) is 0 Å². The number of rotatable bonds is 6. The SMILES string of the molecule is CC1=C(/C=C(C)/C(C)=C/C=C(C)/C(C)=N/[C@@H](C)C(=O)O)C(C)(C)CCC1. The zero-order valence-corrected chi connectivity index (χ0v) is 17.7. The van der Waals surface area contributed by atoms with Gasteiger partial charge in [0.05, 0.1) is 0 Å². The Morgan fingerprint density at radius 3 is 2.23 bits per heavy atom. The summed E-state index contributed by atoms with van der Waals surface area (Å²) < 4.78 is 0. The molecule has 26 heavy (non-hydrogen) atoms. The number of carbonyl (C=O) groups is 1. The molecule has 0 heterocycles. The first-order chi connectivity index (χ1) is 12.0. The molecule has 3 heteroatoms. The molecule has 0 radical (unpaired) electrons. The minimum Gasteiger partial charge on any atom is -0.480 e. The molecule has 3 nitrogen and oxygen atoms in total. The second-order valence-corrected chi connectivity index (χ2v) is 8.19. The van der Waals surface area contributed by atoms with Crippen LogP contribution in [0.5, 0.6) is 0 Å². The molecule has 0 aromatic rings. The number of hydrogen-bond donors (Lipinski definition) is 1. The third kappa shape index (κ3) is 6.12. The van der Waals surface area contributed by atoms with Crippen molar-refractivity contribution in [3.8, 4) is 0 Å². The summed E-state index contributed by atoms with van der Waals surface area (Å²) in [5, 5.41) is 8.97. The van der Waals surface area contributed by atoms with Crippen molar-refractivity contribution in [1.82, 2.24) is 0 Å². The maximum absolute atomic E-state index is 10.9. The average Bonchev–Trinajstić information content (AvgIpc) is 2.54. The van der Waals surface area contributed by atoms with Gasteiger partial charge in [-0.15, -0.1) is 0 Å². The molecule has 0 aromatic heterocycles. The summed E-state index contributed by atoms with van der Waals surface area (Å²) in [5.41, 5.74) is 7.45. The van der Waals surface area contributed by atoms with Crippen LogP contribution in [0.2, 0.25) is 0 Å². The summed E-state index contributed by atoms with van der Waals surface area (Å²) >= 11 is 0. The first-order valence-corrected chi connectivity index (χ1v) is 9.47. The van der Waals surface area contributed by atoms with Crippen LogP contribution in [0.1, 0.15) is 74.7 Å². The van der Waals surface area contributed by atoms with Crippen molar-refractivity contribution >= 4 is 11.7 Å². The van der Waals surface area contributed by atoms with E-state index in [2.05, 4.69) is 51.8 Å². The van der Waals surface area contributed by atoms with Crippen molar-refractivity contribution < 1.29 is 9.90 Å². The molecule has 0 bridgehead atoms. The Labute approximate surface area is 159 Å². The molecule has 0 saturated carbocycles. The summed E-state index contributed by atoms with van der Waals surface area (Å²) in [6, 6.07) is -0.714. The molecule has 1 aliphatic carbocycles. The average molecular weight is 358 g/mol. The molecule has 0 spiro atoms. The molecule has 0 aliphatic heterocycles. The Bertz CT molecular complexity index is 700. The van der Waals surface area contributed by atoms with Gasteiger partial charge < -0.3 is 5.11 Å². The smallest absolute Gasteiger partial charge is 0.328 e. The van der Waals surface area contributed by atoms with Crippen LogP contribution in [0.4, 0.5) is 0 Å². The highest BCUT2D eigenvalue weighted by Gasteiger charge is 2.26. The zero-order chi connectivity index (χ0) is 20.1. The van der Waals surface area contributed by atoms with Crippen molar-refractivity contribution in [3.05, 3.63) is 46.1 Å². The predicted molar refractivity (Wildman–Crippen MR) is 112 cm³/mol. The third-order valence-corrected chi connectivity index (χ3v) is 5.42. The van der Waals surface area contributed by atoms with Gasteiger partial charge in [0.1, 0.15) is 6.04 Å². The molecular weight excluding hydrogens is 322 g/mol. The minimum absolute atomic E-state index is 0.242. The van der Waals surface area contributed by atoms with Gasteiger partial charge in [-0.2, -0.15) is 0 Å². The first kappa shape index (κ1) is 22.1. The van der Waals surface area contributed by atoms with Crippen molar-refractivity contribution in [3.63, 3.8) is 0 Å². The van der Waals surface area contributed by atoms with E-state index >= 15 is 0 Å². The predicted octanol–water partition coefficient (Wildman–Crippen LogP) is 6.29. The highest BCUT2D eigenvalue weighted by molar-refractivity contribution is 5.99. The van der Waals surface area contributed by atoms with Gasteiger partial charge in [-0.25, -0.2) is 4.79 Å². The van der Waals surface area contributed by atoms with Crippen molar-refractivity contribution in [2.75, 3.05) is 0 Å². The number of aliphatic imine (C=N–C) groups is 1. The molecule has 0 unspecified atom stereocenters. The van der Waals surface area contributed by atoms with Gasteiger partial charge >= 0.3 is 5.97 Å². The van der Waals surface area contributed by atoms with E-state index in [9.17, 15) is 4.79 Å². The molecule has 0 amide bonds. The lowest BCUT2D eigenvalue weighted by atomic mass is 9.72. The van der Waals surface area contributed by atoms with Crippen LogP contribution in [0.15, 0.2) is 51.1 Å². The molecule has 144 valence electrons. The van der Waals surface area contributed by atoms with E-state index in [4.69, 9.17) is 5.11 Å². The summed E-state index contributed by atoms with van der Waals surface area (Å²) in [7, 11) is 0. The number of carboxylic acid groups (broad SMARTS) is 1. The van der Waals surface area contributed by atoms with Gasteiger partial charge in [0.2, 0.25) is 0 Å². The van der Waals surface area contributed by atoms with E-state index in [1.807, 2.05) is 19.9 Å². The Balaban J connectivity index is 3.04. The lowest BCUT2D eigenvalue weighted by Crippen LogP contribution is -2.19. The fraction of sp³-hybridized carbons (Fsp3) is 0.565. The quantitative estimate of drug-likeness (QED) is 0.449. The van der Waals surface area contributed by atoms with E-state index in [-0.39, 0.29) is 5.41 Å². The van der Waals surface area contributed by atoms with Crippen molar-refractivity contribution in [1.29, 1.82) is 0 Å². The van der Waals surface area contributed by atoms with Crippen LogP contribution >= 0.6 is 0 Å². The van der Waals surface area contributed by atoms with E-state index < -0.39 is 12.0 Å². The maximum atomic E-state index is 10.9. The molecule has 0 saturated heterocycles. The molecule has 1 atom stereocenters. The standard InChI is InChI=1S/C23H35NO2/c1-15(11-12-16(2)19(5)24-20(6)22(25)26)18(4)14-21-17(3)10-9-13-23(21,7)8/h11-12,14,20H,9-10,13H2,1-8H3,(H,25,26)/b15-11+,16-12+,18-14+,24-19+/t20-/m0/s1. The van der Waals surface area contributed by atoms with E-state index in [1.54, 1.807) is 6.92 Å². The van der Waals surface area contributed by atoms with Crippen LogP contribution < -0.4 is 0 Å². The van der Waals surface area contributed by atoms with Gasteiger partial charge in [0.15, 0.2) is 0 Å². The number of hydrogen-bond acceptors (Lipinski definition) is 2. The number of aliphatic carboxylic acids is 1. The van der Waals surface area contributed by atoms with Gasteiger partial charge in [-0.1, -0.05) is 37.6 Å². The second-order valence-electron chi connectivity index (χ2n) is 8.19. The lowest BCUT2D eigenvalue weighted by Gasteiger charge is -2.33. The Morgan fingerprint density at radius 1 is 1.12 bits per heavy atom. The first-order valence-electron chi connectivity index (χ1n) is 9.47. The Kier molecular flexibility index (Phi) is 7.80. The Morgan fingerprint density at radius 2 is 1.69 bits per heavy atom. The fourth-order valence-electron chi connectivity index (χ4n) is 3.24. The maximum Gasteiger partial charge on any atom is 0.328 e. The van der Waals surface area contributed by atoms with Crippen LogP contribution in [-0.4, -0.2) is 22.8 Å². The largest absolute Gasteiger partial charge is 0.480 e. The highest BCUT2D eigenvalue weighted by atomic mass is 16.4. The normalized spacial score (nSPS) is 21.1. The van der Waals surface area contributed by atoms with Crippen molar-refractivity contribution in [2.45, 2.75) is 80.7 Å². The van der Waals surface area contributed by atoms with Crippen molar-refractivity contribution in [2.24, 2.45) is 10.4 Å². The number of carboxylic acids is 1. The third-order valence-electron chi connectivity index (χ3n) is 5.42. The summed E-state index contributed by atoms with van der Waals surface area (Å²) in [6.07, 6.45) is 10.2. The Hall–Kier alpha value is -1.90. The van der Waals surface area contributed by atoms with Crippen LogP contribution in [-0.2, 0) is 4.79 Å². The zero-order valence-electron chi connectivity index (χ0n) is 17.7. The monoisotopic (exact) mass is 357 g/mol. The van der Waals surface area contributed by atoms with Crippen LogP contribution in [0, 0.1) is 5.41 Å². The summed E-state index contributed by atoms with van der Waals surface area (Å²) in [5.74, 6) is -0.901. The number of allylic oxidation sites excluding steroid dienone is 8. The molecule has 1 aliphatic rings. The summed E-state index contributed by atoms with van der Waals surface area (Å²) in [4.78, 5) is 15.1. The molecule has 1 N–H and O–H groups in total. The van der Waals surface area contributed by atoms with Gasteiger partial charge in [-0.05, 0) is 88.5 Å². The molecule has 0 aromatic carbocycles. The lowest BCUT2D eigenvalue weighted by molar-refractivity contribution is -0.137. The van der Waals surface area contributed by atoms with Gasteiger partial charge in [0, 0.05) is 5.71 Å². The second kappa shape index (κ2) is 9.16. The van der Waals surface area contributed by atoms with E-state index in [0.717, 1.165) is 11.3 Å². The fourth-order valence-corrected chi connectivity index (χ4v) is 3.24. The van der Waals surface area contributed by atoms with Gasteiger partial charge in [-0.3, -0.25) is 4.99 Å². The highest BCUT2D eigenvalue weighted by Crippen LogP contribution is 2.41. The van der Waals surface area contributed by atoms with Crippen LogP contribution in [0.25, 0.3) is 0 Å². The van der Waals surface area contributed by atoms with E-state index in [0.29, 0.717) is 0 Å². The molecule has 0 fully saturated rings. The minimum atomic E-state index is -0.901. The topological polar surface area (TPSA) is 49.7 Å². The molecular formula is C23H35NO2. The summed E-state index contributed by atoms with van der Waals surface area (Å²) in [6.45, 7) is 16.6. The van der Waals surface area contributed by atoms with Gasteiger partial charge in [0.25, 0.3) is 0 Å². The molecule has 1 rings (SSSR count). The van der Waals surface area contributed by atoms with E-state index in [1.165, 1.54) is 41.6 Å².